The zero-order valence-corrected chi connectivity index (χ0v) is 15.6. The van der Waals surface area contributed by atoms with Crippen LogP contribution in [0.1, 0.15) is 18.4 Å². The van der Waals surface area contributed by atoms with E-state index in [9.17, 15) is 20.2 Å². The van der Waals surface area contributed by atoms with Crippen molar-refractivity contribution in [2.24, 2.45) is 0 Å². The van der Waals surface area contributed by atoms with Gasteiger partial charge in [0, 0.05) is 47.2 Å². The van der Waals surface area contributed by atoms with Gasteiger partial charge in [-0.25, -0.2) is 0 Å². The van der Waals surface area contributed by atoms with Crippen molar-refractivity contribution < 1.29 is 9.72 Å². The number of hydrogen-bond acceptors (Lipinski definition) is 5. The first-order valence-corrected chi connectivity index (χ1v) is 9.08. The van der Waals surface area contributed by atoms with E-state index in [1.54, 1.807) is 30.3 Å². The number of hydrogen-bond donors (Lipinski definition) is 1. The molecule has 28 heavy (non-hydrogen) atoms. The van der Waals surface area contributed by atoms with E-state index in [1.165, 1.54) is 18.2 Å². The minimum atomic E-state index is -0.594. The number of nitro benzene ring substituents is 1. The fourth-order valence-corrected chi connectivity index (χ4v) is 3.18. The predicted octanol–water partition coefficient (Wildman–Crippen LogP) is 4.39. The van der Waals surface area contributed by atoms with Crippen molar-refractivity contribution in [1.29, 1.82) is 5.26 Å². The van der Waals surface area contributed by atoms with Crippen LogP contribution in [-0.4, -0.2) is 23.9 Å². The highest BCUT2D eigenvalue weighted by molar-refractivity contribution is 6.30. The molecule has 3 rings (SSSR count). The monoisotopic (exact) mass is 396 g/mol. The lowest BCUT2D eigenvalue weighted by Crippen LogP contribution is -2.19. The molecule has 1 N–H and O–H groups in total. The average Bonchev–Trinajstić information content (AvgIpc) is 3.22. The van der Waals surface area contributed by atoms with E-state index in [-0.39, 0.29) is 11.3 Å². The average molecular weight is 397 g/mol. The molecule has 1 heterocycles. The van der Waals surface area contributed by atoms with Gasteiger partial charge in [0.15, 0.2) is 0 Å². The molecule has 0 aromatic heterocycles. The Morgan fingerprint density at radius 3 is 2.50 bits per heavy atom. The standard InChI is InChI=1S/C20H17ClN4O3/c21-16-3-5-17(6-4-16)23-20(26)15(13-22)11-14-12-18(25(27)28)7-8-19(14)24-9-1-2-10-24/h3-8,11-12H,1-2,9-10H2,(H,23,26). The zero-order valence-electron chi connectivity index (χ0n) is 14.9. The number of nitro groups is 1. The summed E-state index contributed by atoms with van der Waals surface area (Å²) in [6, 6.07) is 12.9. The molecule has 8 heteroatoms. The van der Waals surface area contributed by atoms with E-state index >= 15 is 0 Å². The molecule has 0 atom stereocenters. The van der Waals surface area contributed by atoms with Crippen LogP contribution in [0.25, 0.3) is 6.08 Å². The Hall–Kier alpha value is -3.37. The van der Waals surface area contributed by atoms with Gasteiger partial charge < -0.3 is 10.2 Å². The van der Waals surface area contributed by atoms with E-state index in [2.05, 4.69) is 10.2 Å². The number of nitrogens with one attached hydrogen (secondary N) is 1. The second kappa shape index (κ2) is 8.55. The van der Waals surface area contributed by atoms with E-state index in [0.29, 0.717) is 16.3 Å². The Morgan fingerprint density at radius 2 is 1.89 bits per heavy atom. The fraction of sp³-hybridized carbons (Fsp3) is 0.200. The number of benzene rings is 2. The highest BCUT2D eigenvalue weighted by Gasteiger charge is 2.19. The first-order valence-electron chi connectivity index (χ1n) is 8.70. The molecule has 2 aromatic carbocycles. The van der Waals surface area contributed by atoms with Gasteiger partial charge in [0.2, 0.25) is 0 Å². The molecule has 1 amide bonds. The number of nitrogens with zero attached hydrogens (tertiary/aromatic N) is 3. The Morgan fingerprint density at radius 1 is 1.21 bits per heavy atom. The van der Waals surface area contributed by atoms with Crippen molar-refractivity contribution in [3.05, 3.63) is 68.7 Å². The molecule has 1 aliphatic heterocycles. The number of nitriles is 1. The molecule has 1 aliphatic rings. The maximum Gasteiger partial charge on any atom is 0.270 e. The molecule has 0 saturated carbocycles. The third-order valence-electron chi connectivity index (χ3n) is 4.44. The van der Waals surface area contributed by atoms with Crippen molar-refractivity contribution in [3.8, 4) is 6.07 Å². The molecule has 0 bridgehead atoms. The number of non-ortho nitro benzene ring substituents is 1. The second-order valence-electron chi connectivity index (χ2n) is 6.33. The van der Waals surface area contributed by atoms with Crippen molar-refractivity contribution >= 4 is 40.6 Å². The fourth-order valence-electron chi connectivity index (χ4n) is 3.05. The van der Waals surface area contributed by atoms with Crippen LogP contribution < -0.4 is 10.2 Å². The summed E-state index contributed by atoms with van der Waals surface area (Å²) in [6.07, 6.45) is 3.45. The first-order chi connectivity index (χ1) is 13.5. The molecule has 0 aliphatic carbocycles. The van der Waals surface area contributed by atoms with Gasteiger partial charge in [-0.2, -0.15) is 5.26 Å². The highest BCUT2D eigenvalue weighted by Crippen LogP contribution is 2.30. The molecular formula is C20H17ClN4O3. The Balaban J connectivity index is 1.94. The number of carbonyl (C=O) groups excluding carboxylic acids is 1. The maximum absolute atomic E-state index is 12.5. The number of halogens is 1. The van der Waals surface area contributed by atoms with Crippen LogP contribution in [0, 0.1) is 21.4 Å². The smallest absolute Gasteiger partial charge is 0.270 e. The van der Waals surface area contributed by atoms with Crippen molar-refractivity contribution in [2.75, 3.05) is 23.3 Å². The third-order valence-corrected chi connectivity index (χ3v) is 4.69. The Kier molecular flexibility index (Phi) is 5.92. The van der Waals surface area contributed by atoms with Crippen LogP contribution >= 0.6 is 11.6 Å². The molecule has 0 radical (unpaired) electrons. The summed E-state index contributed by atoms with van der Waals surface area (Å²) in [5.41, 5.74) is 1.50. The van der Waals surface area contributed by atoms with Crippen molar-refractivity contribution in [3.63, 3.8) is 0 Å². The lowest BCUT2D eigenvalue weighted by Gasteiger charge is -2.20. The van der Waals surface area contributed by atoms with Crippen molar-refractivity contribution in [1.82, 2.24) is 0 Å². The zero-order chi connectivity index (χ0) is 20.1. The van der Waals surface area contributed by atoms with E-state index in [1.807, 2.05) is 6.07 Å². The molecule has 0 unspecified atom stereocenters. The molecule has 0 spiro atoms. The highest BCUT2D eigenvalue weighted by atomic mass is 35.5. The predicted molar refractivity (Wildman–Crippen MR) is 108 cm³/mol. The SMILES string of the molecule is N#CC(=Cc1cc([N+](=O)[O-])ccc1N1CCCC1)C(=O)Nc1ccc(Cl)cc1. The lowest BCUT2D eigenvalue weighted by atomic mass is 10.1. The largest absolute Gasteiger partial charge is 0.371 e. The minimum Gasteiger partial charge on any atom is -0.371 e. The summed E-state index contributed by atoms with van der Waals surface area (Å²) in [7, 11) is 0. The quantitative estimate of drug-likeness (QED) is 0.349. The molecule has 7 nitrogen and oxygen atoms in total. The number of carbonyl (C=O) groups is 1. The lowest BCUT2D eigenvalue weighted by molar-refractivity contribution is -0.384. The van der Waals surface area contributed by atoms with Crippen LogP contribution in [-0.2, 0) is 4.79 Å². The van der Waals surface area contributed by atoms with Gasteiger partial charge in [0.05, 0.1) is 4.92 Å². The van der Waals surface area contributed by atoms with Gasteiger partial charge in [-0.1, -0.05) is 11.6 Å². The Labute approximate surface area is 167 Å². The van der Waals surface area contributed by atoms with E-state index in [4.69, 9.17) is 11.6 Å². The summed E-state index contributed by atoms with van der Waals surface area (Å²) < 4.78 is 0. The minimum absolute atomic E-state index is 0.0930. The number of anilines is 2. The van der Waals surface area contributed by atoms with Gasteiger partial charge in [0.25, 0.3) is 11.6 Å². The molecule has 2 aromatic rings. The van der Waals surface area contributed by atoms with E-state index in [0.717, 1.165) is 31.6 Å². The van der Waals surface area contributed by atoms with Crippen LogP contribution in [0.5, 0.6) is 0 Å². The van der Waals surface area contributed by atoms with Gasteiger partial charge in [-0.15, -0.1) is 0 Å². The van der Waals surface area contributed by atoms with Gasteiger partial charge in [-0.3, -0.25) is 14.9 Å². The summed E-state index contributed by atoms with van der Waals surface area (Å²) in [5, 5.41) is 23.8. The van der Waals surface area contributed by atoms with Crippen molar-refractivity contribution in [2.45, 2.75) is 12.8 Å². The van der Waals surface area contributed by atoms with Gasteiger partial charge in [-0.05, 0) is 49.2 Å². The third kappa shape index (κ3) is 4.48. The molecule has 1 fully saturated rings. The van der Waals surface area contributed by atoms with Crippen LogP contribution in [0.4, 0.5) is 17.1 Å². The molecule has 1 saturated heterocycles. The first kappa shape index (κ1) is 19.4. The second-order valence-corrected chi connectivity index (χ2v) is 6.76. The summed E-state index contributed by atoms with van der Waals surface area (Å²) >= 11 is 5.83. The summed E-state index contributed by atoms with van der Waals surface area (Å²) in [4.78, 5) is 25.3. The molecule has 142 valence electrons. The van der Waals surface area contributed by atoms with Gasteiger partial charge >= 0.3 is 0 Å². The van der Waals surface area contributed by atoms with E-state index < -0.39 is 10.8 Å². The normalized spacial score (nSPS) is 13.9. The topological polar surface area (TPSA) is 99.3 Å². The number of rotatable bonds is 5. The molecular weight excluding hydrogens is 380 g/mol. The maximum atomic E-state index is 12.5. The van der Waals surface area contributed by atoms with Crippen LogP contribution in [0.15, 0.2) is 48.0 Å². The van der Waals surface area contributed by atoms with Gasteiger partial charge in [0.1, 0.15) is 11.6 Å². The summed E-state index contributed by atoms with van der Waals surface area (Å²) in [6.45, 7) is 1.66. The van der Waals surface area contributed by atoms with Crippen LogP contribution in [0.2, 0.25) is 5.02 Å². The van der Waals surface area contributed by atoms with Crippen LogP contribution in [0.3, 0.4) is 0 Å². The number of amides is 1. The summed E-state index contributed by atoms with van der Waals surface area (Å²) in [5.74, 6) is -0.594. The Bertz CT molecular complexity index is 974.